The number of urea groups is 1. The molecule has 0 aromatic carbocycles. The largest absolute Gasteiger partial charge is 0.356 e. The maximum absolute atomic E-state index is 12.2. The van der Waals surface area contributed by atoms with Gasteiger partial charge in [0.05, 0.1) is 5.92 Å². The number of hydrogen-bond acceptors (Lipinski definition) is 2. The molecule has 5 nitrogen and oxygen atoms in total. The van der Waals surface area contributed by atoms with Gasteiger partial charge in [-0.1, -0.05) is 6.42 Å². The zero-order valence-electron chi connectivity index (χ0n) is 12.8. The van der Waals surface area contributed by atoms with E-state index in [0.717, 1.165) is 32.5 Å². The van der Waals surface area contributed by atoms with Gasteiger partial charge in [-0.3, -0.25) is 4.79 Å². The van der Waals surface area contributed by atoms with Crippen molar-refractivity contribution in [2.75, 3.05) is 26.2 Å². The second-order valence-electron chi connectivity index (χ2n) is 6.96. The standard InChI is InChI=1S/C16H27N3O2/c20-15(17-9-13-6-7-13)14-5-2-8-19(11-14)16(21)18-10-12-3-1-4-12/h12-14H,1-11H2,(H,17,20)(H,18,21). The third-order valence-corrected chi connectivity index (χ3v) is 5.11. The van der Waals surface area contributed by atoms with Crippen molar-refractivity contribution in [1.82, 2.24) is 15.5 Å². The van der Waals surface area contributed by atoms with E-state index in [9.17, 15) is 9.59 Å². The van der Waals surface area contributed by atoms with Crippen LogP contribution in [-0.4, -0.2) is 43.0 Å². The van der Waals surface area contributed by atoms with Crippen LogP contribution in [0, 0.1) is 17.8 Å². The third-order valence-electron chi connectivity index (χ3n) is 5.11. The summed E-state index contributed by atoms with van der Waals surface area (Å²) in [5.74, 6) is 1.50. The Kier molecular flexibility index (Phi) is 4.66. The zero-order chi connectivity index (χ0) is 14.7. The summed E-state index contributed by atoms with van der Waals surface area (Å²) in [6, 6.07) is 0.0154. The van der Waals surface area contributed by atoms with Crippen molar-refractivity contribution in [3.63, 3.8) is 0 Å². The third kappa shape index (κ3) is 4.11. The highest BCUT2D eigenvalue weighted by atomic mass is 16.2. The monoisotopic (exact) mass is 293 g/mol. The maximum Gasteiger partial charge on any atom is 0.317 e. The summed E-state index contributed by atoms with van der Waals surface area (Å²) in [5.41, 5.74) is 0. The summed E-state index contributed by atoms with van der Waals surface area (Å²) in [6.07, 6.45) is 8.12. The first-order valence-electron chi connectivity index (χ1n) is 8.53. The van der Waals surface area contributed by atoms with E-state index in [1.165, 1.54) is 32.1 Å². The molecule has 3 aliphatic rings. The molecule has 3 fully saturated rings. The molecular weight excluding hydrogens is 266 g/mol. The first-order chi connectivity index (χ1) is 10.2. The Hall–Kier alpha value is -1.26. The molecule has 0 aromatic heterocycles. The minimum atomic E-state index is -0.0213. The van der Waals surface area contributed by atoms with E-state index in [1.54, 1.807) is 0 Å². The Morgan fingerprint density at radius 1 is 0.905 bits per heavy atom. The van der Waals surface area contributed by atoms with Crippen molar-refractivity contribution in [2.24, 2.45) is 17.8 Å². The number of carbonyl (C=O) groups is 2. The van der Waals surface area contributed by atoms with Gasteiger partial charge in [0.1, 0.15) is 0 Å². The summed E-state index contributed by atoms with van der Waals surface area (Å²) in [5, 5.41) is 6.07. The predicted molar refractivity (Wildman–Crippen MR) is 80.8 cm³/mol. The van der Waals surface area contributed by atoms with Gasteiger partial charge >= 0.3 is 6.03 Å². The lowest BCUT2D eigenvalue weighted by Gasteiger charge is -2.33. The molecule has 1 atom stereocenters. The van der Waals surface area contributed by atoms with Crippen molar-refractivity contribution in [3.05, 3.63) is 0 Å². The molecule has 0 aromatic rings. The minimum Gasteiger partial charge on any atom is -0.356 e. The number of amides is 3. The molecule has 0 radical (unpaired) electrons. The number of piperidine rings is 1. The van der Waals surface area contributed by atoms with Crippen LogP contribution < -0.4 is 10.6 Å². The molecule has 21 heavy (non-hydrogen) atoms. The van der Waals surface area contributed by atoms with Crippen molar-refractivity contribution in [3.8, 4) is 0 Å². The molecule has 0 spiro atoms. The second kappa shape index (κ2) is 6.67. The molecule has 3 rings (SSSR count). The summed E-state index contributed by atoms with van der Waals surface area (Å²) in [6.45, 7) is 2.98. The van der Waals surface area contributed by atoms with E-state index < -0.39 is 0 Å². The highest BCUT2D eigenvalue weighted by Crippen LogP contribution is 2.28. The van der Waals surface area contributed by atoms with E-state index >= 15 is 0 Å². The van der Waals surface area contributed by atoms with Crippen molar-refractivity contribution >= 4 is 11.9 Å². The van der Waals surface area contributed by atoms with E-state index in [1.807, 2.05) is 4.90 Å². The quantitative estimate of drug-likeness (QED) is 0.811. The second-order valence-corrected chi connectivity index (χ2v) is 6.96. The van der Waals surface area contributed by atoms with Gasteiger partial charge in [-0.2, -0.15) is 0 Å². The van der Waals surface area contributed by atoms with Crippen molar-refractivity contribution in [1.29, 1.82) is 0 Å². The van der Waals surface area contributed by atoms with Crippen molar-refractivity contribution < 1.29 is 9.59 Å². The van der Waals surface area contributed by atoms with Gasteiger partial charge in [-0.15, -0.1) is 0 Å². The van der Waals surface area contributed by atoms with Crippen LogP contribution in [0.2, 0.25) is 0 Å². The highest BCUT2D eigenvalue weighted by Gasteiger charge is 2.30. The molecule has 2 N–H and O–H groups in total. The Morgan fingerprint density at radius 2 is 1.62 bits per heavy atom. The topological polar surface area (TPSA) is 61.4 Å². The SMILES string of the molecule is O=C(NCC1CC1)C1CCCN(C(=O)NCC2CCC2)C1. The first-order valence-corrected chi connectivity index (χ1v) is 8.53. The lowest BCUT2D eigenvalue weighted by atomic mass is 9.85. The van der Waals surface area contributed by atoms with Gasteiger partial charge < -0.3 is 15.5 Å². The van der Waals surface area contributed by atoms with Gasteiger partial charge in [-0.25, -0.2) is 4.79 Å². The number of hydrogen-bond donors (Lipinski definition) is 2. The minimum absolute atomic E-state index is 0.0154. The molecule has 5 heteroatoms. The van der Waals surface area contributed by atoms with Gasteiger partial charge in [0.25, 0.3) is 0 Å². The number of likely N-dealkylation sites (tertiary alicyclic amines) is 1. The van der Waals surface area contributed by atoms with Gasteiger partial charge in [0, 0.05) is 26.2 Å². The van der Waals surface area contributed by atoms with Crippen LogP contribution in [0.4, 0.5) is 4.79 Å². The Labute approximate surface area is 126 Å². The number of rotatable bonds is 5. The molecule has 2 aliphatic carbocycles. The Bertz CT molecular complexity index is 391. The van der Waals surface area contributed by atoms with E-state index in [4.69, 9.17) is 0 Å². The number of nitrogens with one attached hydrogen (secondary N) is 2. The average Bonchev–Trinajstić information content (AvgIpc) is 3.27. The lowest BCUT2D eigenvalue weighted by Crippen LogP contribution is -2.50. The summed E-state index contributed by atoms with van der Waals surface area (Å²) in [7, 11) is 0. The number of carbonyl (C=O) groups excluding carboxylic acids is 2. The fourth-order valence-corrected chi connectivity index (χ4v) is 3.13. The predicted octanol–water partition coefficient (Wildman–Crippen LogP) is 1.73. The molecule has 3 amide bonds. The first kappa shape index (κ1) is 14.7. The summed E-state index contributed by atoms with van der Waals surface area (Å²) in [4.78, 5) is 26.1. The van der Waals surface area contributed by atoms with E-state index in [2.05, 4.69) is 10.6 Å². The van der Waals surface area contributed by atoms with Crippen molar-refractivity contribution in [2.45, 2.75) is 44.9 Å². The van der Waals surface area contributed by atoms with Crippen LogP contribution in [-0.2, 0) is 4.79 Å². The molecular formula is C16H27N3O2. The number of nitrogens with zero attached hydrogens (tertiary/aromatic N) is 1. The smallest absolute Gasteiger partial charge is 0.317 e. The van der Waals surface area contributed by atoms with Gasteiger partial charge in [0.2, 0.25) is 5.91 Å². The van der Waals surface area contributed by atoms with Crippen LogP contribution >= 0.6 is 0 Å². The Morgan fingerprint density at radius 3 is 2.29 bits per heavy atom. The van der Waals surface area contributed by atoms with Crippen LogP contribution in [0.3, 0.4) is 0 Å². The zero-order valence-corrected chi connectivity index (χ0v) is 12.8. The maximum atomic E-state index is 12.2. The fourth-order valence-electron chi connectivity index (χ4n) is 3.13. The van der Waals surface area contributed by atoms with E-state index in [0.29, 0.717) is 18.4 Å². The molecule has 2 saturated carbocycles. The molecule has 1 heterocycles. The summed E-state index contributed by atoms with van der Waals surface area (Å²) < 4.78 is 0. The van der Waals surface area contributed by atoms with Crippen LogP contribution in [0.1, 0.15) is 44.9 Å². The lowest BCUT2D eigenvalue weighted by molar-refractivity contribution is -0.126. The normalized spacial score (nSPS) is 26.1. The fraction of sp³-hybridized carbons (Fsp3) is 0.875. The van der Waals surface area contributed by atoms with Gasteiger partial charge in [-0.05, 0) is 50.4 Å². The van der Waals surface area contributed by atoms with Crippen LogP contribution in [0.25, 0.3) is 0 Å². The molecule has 118 valence electrons. The summed E-state index contributed by atoms with van der Waals surface area (Å²) >= 11 is 0. The van der Waals surface area contributed by atoms with E-state index in [-0.39, 0.29) is 17.9 Å². The molecule has 1 aliphatic heterocycles. The highest BCUT2D eigenvalue weighted by molar-refractivity contribution is 5.80. The molecule has 1 saturated heterocycles. The molecule has 1 unspecified atom stereocenters. The molecule has 0 bridgehead atoms. The van der Waals surface area contributed by atoms with Crippen LogP contribution in [0.5, 0.6) is 0 Å². The van der Waals surface area contributed by atoms with Crippen LogP contribution in [0.15, 0.2) is 0 Å². The Balaban J connectivity index is 1.40. The van der Waals surface area contributed by atoms with Gasteiger partial charge in [0.15, 0.2) is 0 Å². The average molecular weight is 293 g/mol.